The van der Waals surface area contributed by atoms with Crippen molar-refractivity contribution in [1.82, 2.24) is 15.6 Å². The van der Waals surface area contributed by atoms with Crippen LogP contribution >= 0.6 is 0 Å². The first-order valence-corrected chi connectivity index (χ1v) is 9.05. The van der Waals surface area contributed by atoms with Gasteiger partial charge in [0.15, 0.2) is 0 Å². The van der Waals surface area contributed by atoms with Gasteiger partial charge in [-0.25, -0.2) is 0 Å². The molecular formula is C20H31N3O2. The normalized spacial score (nSPS) is 11.8. The van der Waals surface area contributed by atoms with E-state index in [4.69, 9.17) is 0 Å². The summed E-state index contributed by atoms with van der Waals surface area (Å²) in [5, 5.41) is 7.30. The number of hydrogen-bond donors (Lipinski definition) is 3. The summed E-state index contributed by atoms with van der Waals surface area (Å²) in [5.74, 6) is 0.0144. The second-order valence-electron chi connectivity index (χ2n) is 6.18. The molecule has 5 heteroatoms. The molecule has 2 aromatic rings. The Hall–Kier alpha value is -2.14. The Kier molecular flexibility index (Phi) is 8.92. The van der Waals surface area contributed by atoms with Crippen LogP contribution in [0.25, 0.3) is 10.9 Å². The monoisotopic (exact) mass is 345 g/mol. The third-order valence-corrected chi connectivity index (χ3v) is 3.73. The zero-order chi connectivity index (χ0) is 18.8. The predicted molar refractivity (Wildman–Crippen MR) is 104 cm³/mol. The summed E-state index contributed by atoms with van der Waals surface area (Å²) >= 11 is 0. The zero-order valence-electron chi connectivity index (χ0n) is 16.0. The largest absolute Gasteiger partial charge is 0.361 e. The number of para-hydroxylation sites is 1. The number of carbonyl (C=O) groups excluding carboxylic acids is 2. The third kappa shape index (κ3) is 6.70. The van der Waals surface area contributed by atoms with E-state index >= 15 is 0 Å². The number of aromatic amines is 1. The number of Topliss-reactive ketones (excluding diaryl/α,β-unsaturated/α-hetero) is 1. The Balaban J connectivity index is 0.00000151. The van der Waals surface area contributed by atoms with E-state index in [-0.39, 0.29) is 23.8 Å². The van der Waals surface area contributed by atoms with Gasteiger partial charge in [0.25, 0.3) is 0 Å². The minimum Gasteiger partial charge on any atom is -0.361 e. The average molecular weight is 345 g/mol. The van der Waals surface area contributed by atoms with Gasteiger partial charge in [0, 0.05) is 36.1 Å². The number of aromatic nitrogens is 1. The van der Waals surface area contributed by atoms with Crippen LogP contribution < -0.4 is 10.6 Å². The number of amides is 1. The lowest BCUT2D eigenvalue weighted by atomic mass is 10.0. The second-order valence-corrected chi connectivity index (χ2v) is 6.18. The molecule has 2 rings (SSSR count). The van der Waals surface area contributed by atoms with Crippen LogP contribution in [0.1, 0.15) is 46.6 Å². The summed E-state index contributed by atoms with van der Waals surface area (Å²) < 4.78 is 0. The van der Waals surface area contributed by atoms with Crippen molar-refractivity contribution in [2.24, 2.45) is 0 Å². The van der Waals surface area contributed by atoms with Crippen molar-refractivity contribution in [2.45, 2.75) is 59.5 Å². The molecule has 1 aromatic carbocycles. The topological polar surface area (TPSA) is 74.0 Å². The molecule has 5 nitrogen and oxygen atoms in total. The van der Waals surface area contributed by atoms with Crippen LogP contribution in [0.5, 0.6) is 0 Å². The molecule has 0 aliphatic carbocycles. The summed E-state index contributed by atoms with van der Waals surface area (Å²) in [5.41, 5.74) is 2.18. The van der Waals surface area contributed by atoms with Gasteiger partial charge in [0.1, 0.15) is 5.78 Å². The number of rotatable bonds is 8. The number of fused-ring (bicyclic) bond motifs is 1. The van der Waals surface area contributed by atoms with Crippen LogP contribution in [0.2, 0.25) is 0 Å². The van der Waals surface area contributed by atoms with Gasteiger partial charge in [-0.3, -0.25) is 9.59 Å². The summed E-state index contributed by atoms with van der Waals surface area (Å²) in [6.45, 7) is 9.95. The van der Waals surface area contributed by atoms with Crippen LogP contribution in [0, 0.1) is 0 Å². The summed E-state index contributed by atoms with van der Waals surface area (Å²) in [6, 6.07) is 7.95. The fourth-order valence-corrected chi connectivity index (χ4v) is 2.64. The molecular weight excluding hydrogens is 314 g/mol. The molecule has 0 saturated heterocycles. The van der Waals surface area contributed by atoms with Gasteiger partial charge in [-0.05, 0) is 25.0 Å². The van der Waals surface area contributed by atoms with Crippen molar-refractivity contribution in [2.75, 3.05) is 6.54 Å². The van der Waals surface area contributed by atoms with Gasteiger partial charge in [0.2, 0.25) is 5.91 Å². The maximum Gasteiger partial charge on any atom is 0.237 e. The highest BCUT2D eigenvalue weighted by molar-refractivity contribution is 5.86. The first-order valence-electron chi connectivity index (χ1n) is 9.05. The van der Waals surface area contributed by atoms with E-state index < -0.39 is 0 Å². The van der Waals surface area contributed by atoms with Crippen LogP contribution in [0.3, 0.4) is 0 Å². The van der Waals surface area contributed by atoms with Gasteiger partial charge in [-0.2, -0.15) is 0 Å². The average Bonchev–Trinajstić information content (AvgIpc) is 2.98. The summed E-state index contributed by atoms with van der Waals surface area (Å²) in [7, 11) is 0. The van der Waals surface area contributed by atoms with Crippen LogP contribution in [0.4, 0.5) is 0 Å². The van der Waals surface area contributed by atoms with Crippen LogP contribution in [-0.4, -0.2) is 35.3 Å². The molecule has 1 unspecified atom stereocenters. The fraction of sp³-hybridized carbons (Fsp3) is 0.500. The highest BCUT2D eigenvalue weighted by atomic mass is 16.2. The van der Waals surface area contributed by atoms with Crippen LogP contribution in [0.15, 0.2) is 30.5 Å². The standard InChI is InChI=1S/C18H25N3O2.C2H6/c1-12(2)21-17(18(23)19-9-8-13(3)22)10-14-11-20-16-7-5-4-6-15(14)16;1-2/h4-7,11-12,17,20-21H,8-10H2,1-3H3,(H,19,23);1-2H3. The van der Waals surface area contributed by atoms with Gasteiger partial charge in [-0.1, -0.05) is 45.9 Å². The van der Waals surface area contributed by atoms with Gasteiger partial charge in [0.05, 0.1) is 6.04 Å². The highest BCUT2D eigenvalue weighted by Gasteiger charge is 2.20. The highest BCUT2D eigenvalue weighted by Crippen LogP contribution is 2.19. The lowest BCUT2D eigenvalue weighted by Crippen LogP contribution is -2.48. The van der Waals surface area contributed by atoms with Crippen molar-refractivity contribution >= 4 is 22.6 Å². The zero-order valence-corrected chi connectivity index (χ0v) is 16.0. The van der Waals surface area contributed by atoms with Crippen molar-refractivity contribution in [3.63, 3.8) is 0 Å². The molecule has 138 valence electrons. The maximum atomic E-state index is 12.4. The molecule has 0 aliphatic rings. The summed E-state index contributed by atoms with van der Waals surface area (Å²) in [6.07, 6.45) is 2.93. The van der Waals surface area contributed by atoms with Crippen molar-refractivity contribution in [3.05, 3.63) is 36.0 Å². The van der Waals surface area contributed by atoms with E-state index in [2.05, 4.69) is 21.7 Å². The molecule has 1 aromatic heterocycles. The van der Waals surface area contributed by atoms with Crippen molar-refractivity contribution in [1.29, 1.82) is 0 Å². The van der Waals surface area contributed by atoms with Crippen LogP contribution in [-0.2, 0) is 16.0 Å². The number of hydrogen-bond acceptors (Lipinski definition) is 3. The molecule has 25 heavy (non-hydrogen) atoms. The van der Waals surface area contributed by atoms with E-state index in [1.54, 1.807) is 0 Å². The van der Waals surface area contributed by atoms with E-state index in [0.717, 1.165) is 16.5 Å². The first-order chi connectivity index (χ1) is 12.0. The Morgan fingerprint density at radius 1 is 1.16 bits per heavy atom. The molecule has 1 heterocycles. The number of nitrogens with one attached hydrogen (secondary N) is 3. The van der Waals surface area contributed by atoms with E-state index in [1.165, 1.54) is 6.92 Å². The Labute approximate surface area is 150 Å². The molecule has 0 fully saturated rings. The molecule has 0 radical (unpaired) electrons. The molecule has 0 spiro atoms. The minimum atomic E-state index is -0.318. The molecule has 1 atom stereocenters. The fourth-order valence-electron chi connectivity index (χ4n) is 2.64. The number of carbonyl (C=O) groups is 2. The minimum absolute atomic E-state index is 0.0646. The van der Waals surface area contributed by atoms with Gasteiger partial charge < -0.3 is 15.6 Å². The second kappa shape index (κ2) is 10.7. The molecule has 1 amide bonds. The lowest BCUT2D eigenvalue weighted by molar-refractivity contribution is -0.123. The van der Waals surface area contributed by atoms with E-state index in [1.807, 2.05) is 52.1 Å². The molecule has 0 bridgehead atoms. The maximum absolute atomic E-state index is 12.4. The SMILES string of the molecule is CC.CC(=O)CCNC(=O)C(Cc1c[nH]c2ccccc12)NC(C)C. The number of H-pyrrole nitrogens is 1. The molecule has 0 saturated carbocycles. The first kappa shape index (κ1) is 20.9. The quantitative estimate of drug-likeness (QED) is 0.688. The predicted octanol–water partition coefficient (Wildman–Crippen LogP) is 3.20. The smallest absolute Gasteiger partial charge is 0.237 e. The van der Waals surface area contributed by atoms with E-state index in [9.17, 15) is 9.59 Å². The Morgan fingerprint density at radius 2 is 1.84 bits per heavy atom. The summed E-state index contributed by atoms with van der Waals surface area (Å²) in [4.78, 5) is 26.7. The Bertz CT molecular complexity index is 676. The molecule has 0 aliphatic heterocycles. The molecule has 3 N–H and O–H groups in total. The van der Waals surface area contributed by atoms with E-state index in [0.29, 0.717) is 19.4 Å². The number of benzene rings is 1. The lowest BCUT2D eigenvalue weighted by Gasteiger charge is -2.20. The van der Waals surface area contributed by atoms with Gasteiger partial charge >= 0.3 is 0 Å². The van der Waals surface area contributed by atoms with Crippen molar-refractivity contribution < 1.29 is 9.59 Å². The third-order valence-electron chi connectivity index (χ3n) is 3.73. The van der Waals surface area contributed by atoms with Crippen molar-refractivity contribution in [3.8, 4) is 0 Å². The Morgan fingerprint density at radius 3 is 2.48 bits per heavy atom. The van der Waals surface area contributed by atoms with Gasteiger partial charge in [-0.15, -0.1) is 0 Å². The number of ketones is 1.